The van der Waals surface area contributed by atoms with Gasteiger partial charge >= 0.3 is 8.60 Å². The molecule has 2 aliphatic heterocycles. The van der Waals surface area contributed by atoms with Crippen LogP contribution in [0, 0.1) is 0 Å². The lowest BCUT2D eigenvalue weighted by molar-refractivity contribution is -0.0614. The largest absolute Gasteiger partial charge is 0.386 e. The van der Waals surface area contributed by atoms with E-state index in [-0.39, 0.29) is 17.7 Å². The fourth-order valence-electron chi connectivity index (χ4n) is 4.27. The molecular weight excluding hydrogens is 481 g/mol. The fourth-order valence-corrected chi connectivity index (χ4v) is 5.94. The summed E-state index contributed by atoms with van der Waals surface area (Å²) in [4.78, 5) is 35.7. The van der Waals surface area contributed by atoms with Gasteiger partial charge in [0.15, 0.2) is 22.5 Å². The van der Waals surface area contributed by atoms with E-state index in [9.17, 15) is 14.8 Å². The Hall–Kier alpha value is -2.31. The molecule has 2 aliphatic rings. The third kappa shape index (κ3) is 3.57. The summed E-state index contributed by atoms with van der Waals surface area (Å²) >= 11 is 1.46. The zero-order chi connectivity index (χ0) is 23.4. The number of H-pyrrole nitrogens is 1. The van der Waals surface area contributed by atoms with Crippen LogP contribution < -0.4 is 5.56 Å². The summed E-state index contributed by atoms with van der Waals surface area (Å²) in [6, 6.07) is 9.64. The van der Waals surface area contributed by atoms with Gasteiger partial charge in [-0.1, -0.05) is 49.0 Å². The first kappa shape index (κ1) is 22.2. The van der Waals surface area contributed by atoms with Crippen LogP contribution in [0.4, 0.5) is 0 Å². The maximum absolute atomic E-state index is 13.4. The second-order valence-corrected chi connectivity index (χ2v) is 10.1. The maximum Gasteiger partial charge on any atom is 0.330 e. The lowest BCUT2D eigenvalue weighted by atomic mass is 10.1. The first-order valence-electron chi connectivity index (χ1n) is 10.9. The summed E-state index contributed by atoms with van der Waals surface area (Å²) in [5, 5.41) is 11.6. The van der Waals surface area contributed by atoms with Crippen molar-refractivity contribution >= 4 is 37.3 Å². The minimum atomic E-state index is -2.07. The van der Waals surface area contributed by atoms with E-state index in [1.165, 1.54) is 16.2 Å². The van der Waals surface area contributed by atoms with Crippen molar-refractivity contribution < 1.29 is 23.8 Å². The van der Waals surface area contributed by atoms with Crippen molar-refractivity contribution in [3.05, 3.63) is 46.9 Å². The first-order valence-corrected chi connectivity index (χ1v) is 13.0. The summed E-state index contributed by atoms with van der Waals surface area (Å²) in [7, 11) is -2.07. The minimum Gasteiger partial charge on any atom is -0.386 e. The monoisotopic (exact) mass is 503 g/mol. The molecule has 13 heteroatoms. The highest BCUT2D eigenvalue weighted by Crippen LogP contribution is 2.47. The molecule has 178 valence electrons. The van der Waals surface area contributed by atoms with Crippen molar-refractivity contribution in [1.82, 2.24) is 23.9 Å². The summed E-state index contributed by atoms with van der Waals surface area (Å²) in [5.41, 5.74) is 1.83. The number of thioether (sulfide) groups is 1. The van der Waals surface area contributed by atoms with Crippen LogP contribution in [0.5, 0.6) is 0 Å². The van der Waals surface area contributed by atoms with Gasteiger partial charge in [0.05, 0.1) is 12.3 Å². The predicted molar refractivity (Wildman–Crippen MR) is 125 cm³/mol. The highest BCUT2D eigenvalue weighted by molar-refractivity contribution is 7.99. The molecule has 3 N–H and O–H groups in total. The second-order valence-electron chi connectivity index (χ2n) is 8.09. The SMILES string of the molecule is CCCSc1nc2c(=O)n3cc(-c4ccccc4)[nH]c3nc2n1[C@@H]1OC2COP(O)O[C@H]2[C@@H]1O. The average molecular weight is 503 g/mol. The number of fused-ring (bicyclic) bond motifs is 3. The van der Waals surface area contributed by atoms with E-state index in [2.05, 4.69) is 9.97 Å². The van der Waals surface area contributed by atoms with Gasteiger partial charge in [0, 0.05) is 11.9 Å². The zero-order valence-electron chi connectivity index (χ0n) is 18.1. The van der Waals surface area contributed by atoms with Crippen LogP contribution >= 0.6 is 20.4 Å². The number of imidazole rings is 2. The Labute approximate surface area is 198 Å². The third-order valence-electron chi connectivity index (χ3n) is 5.86. The highest BCUT2D eigenvalue weighted by Gasteiger charge is 2.50. The van der Waals surface area contributed by atoms with Gasteiger partial charge in [0.1, 0.15) is 18.3 Å². The lowest BCUT2D eigenvalue weighted by Crippen LogP contribution is -2.38. The molecule has 11 nitrogen and oxygen atoms in total. The van der Waals surface area contributed by atoms with Crippen molar-refractivity contribution in [2.45, 2.75) is 43.0 Å². The normalized spacial score (nSPS) is 27.0. The van der Waals surface area contributed by atoms with E-state index in [1.54, 1.807) is 10.8 Å². The zero-order valence-corrected chi connectivity index (χ0v) is 19.8. The van der Waals surface area contributed by atoms with Crippen molar-refractivity contribution in [1.29, 1.82) is 0 Å². The van der Waals surface area contributed by atoms with Gasteiger partial charge in [0.2, 0.25) is 5.78 Å². The molecule has 5 heterocycles. The Bertz CT molecular complexity index is 1410. The summed E-state index contributed by atoms with van der Waals surface area (Å²) < 4.78 is 19.8. The molecule has 2 fully saturated rings. The van der Waals surface area contributed by atoms with Gasteiger partial charge in [-0.3, -0.25) is 9.36 Å². The number of aliphatic hydroxyl groups excluding tert-OH is 1. The van der Waals surface area contributed by atoms with Gasteiger partial charge in [-0.25, -0.2) is 9.38 Å². The molecule has 6 rings (SSSR count). The number of rotatable bonds is 5. The molecule has 0 amide bonds. The maximum atomic E-state index is 13.4. The fraction of sp³-hybridized carbons (Fsp3) is 0.381. The van der Waals surface area contributed by atoms with E-state index in [0.29, 0.717) is 16.6 Å². The number of aliphatic hydroxyl groups is 1. The van der Waals surface area contributed by atoms with Crippen molar-refractivity contribution in [2.24, 2.45) is 0 Å². The van der Waals surface area contributed by atoms with Gasteiger partial charge in [-0.15, -0.1) is 0 Å². The number of nitrogens with one attached hydrogen (secondary N) is 1. The van der Waals surface area contributed by atoms with Crippen LogP contribution in [-0.4, -0.2) is 64.6 Å². The number of hydrogen-bond donors (Lipinski definition) is 3. The molecule has 1 aromatic carbocycles. The minimum absolute atomic E-state index is 0.0991. The Morgan fingerprint density at radius 3 is 2.91 bits per heavy atom. The Kier molecular flexibility index (Phi) is 5.69. The Morgan fingerprint density at radius 2 is 2.12 bits per heavy atom. The number of hydrogen-bond acceptors (Lipinski definition) is 9. The standard InChI is InChI=1S/C21H22N5O6PS/c1-2-8-34-21-23-14-17(26(21)19-15(27)16-13(31-19)10-30-33(29)32-16)24-20-22-12(9-25(20)18(14)28)11-6-4-3-5-7-11/h3-7,9,13,15-16,19,27,29H,2,8,10H2,1H3,(H,22,24)/t13?,15-,16+,19+,33?/m0/s1. The molecule has 2 unspecified atom stereocenters. The van der Waals surface area contributed by atoms with Crippen LogP contribution in [0.3, 0.4) is 0 Å². The Morgan fingerprint density at radius 1 is 1.29 bits per heavy atom. The van der Waals surface area contributed by atoms with E-state index in [0.717, 1.165) is 23.4 Å². The first-order chi connectivity index (χ1) is 16.5. The van der Waals surface area contributed by atoms with Crippen LogP contribution in [-0.2, 0) is 13.8 Å². The molecule has 3 aromatic heterocycles. The van der Waals surface area contributed by atoms with Crippen LogP contribution in [0.2, 0.25) is 0 Å². The highest BCUT2D eigenvalue weighted by atomic mass is 32.2. The quantitative estimate of drug-likeness (QED) is 0.277. The van der Waals surface area contributed by atoms with Crippen molar-refractivity contribution in [3.8, 4) is 11.3 Å². The lowest BCUT2D eigenvalue weighted by Gasteiger charge is -2.27. The molecule has 0 bridgehead atoms. The smallest absolute Gasteiger partial charge is 0.330 e. The molecule has 2 saturated heterocycles. The number of aromatic nitrogens is 5. The number of nitrogens with zero attached hydrogens (tertiary/aromatic N) is 4. The van der Waals surface area contributed by atoms with Crippen LogP contribution in [0.15, 0.2) is 46.5 Å². The van der Waals surface area contributed by atoms with E-state index in [1.807, 2.05) is 37.3 Å². The second kappa shape index (κ2) is 8.72. The van der Waals surface area contributed by atoms with Gasteiger partial charge in [-0.2, -0.15) is 4.98 Å². The van der Waals surface area contributed by atoms with Crippen LogP contribution in [0.1, 0.15) is 19.6 Å². The summed E-state index contributed by atoms with van der Waals surface area (Å²) in [6.45, 7) is 2.15. The molecule has 0 aliphatic carbocycles. The van der Waals surface area contributed by atoms with Crippen molar-refractivity contribution in [3.63, 3.8) is 0 Å². The van der Waals surface area contributed by atoms with Gasteiger partial charge in [0.25, 0.3) is 5.56 Å². The summed E-state index contributed by atoms with van der Waals surface area (Å²) in [6.07, 6.45) is -0.715. The Balaban J connectivity index is 1.50. The number of aromatic amines is 1. The van der Waals surface area contributed by atoms with E-state index < -0.39 is 33.1 Å². The molecule has 0 spiro atoms. The molecule has 34 heavy (non-hydrogen) atoms. The number of benzene rings is 1. The molecule has 0 saturated carbocycles. The molecule has 4 aromatic rings. The molecule has 5 atom stereocenters. The van der Waals surface area contributed by atoms with Gasteiger partial charge < -0.3 is 28.8 Å². The molecular formula is C21H22N5O6PS. The van der Waals surface area contributed by atoms with E-state index >= 15 is 0 Å². The molecule has 0 radical (unpaired) electrons. The average Bonchev–Trinajstić information content (AvgIpc) is 3.53. The predicted octanol–water partition coefficient (Wildman–Crippen LogP) is 2.43. The summed E-state index contributed by atoms with van der Waals surface area (Å²) in [5.74, 6) is 1.12. The third-order valence-corrected chi connectivity index (χ3v) is 7.82. The van der Waals surface area contributed by atoms with Gasteiger partial charge in [-0.05, 0) is 12.0 Å². The number of ether oxygens (including phenoxy) is 1. The van der Waals surface area contributed by atoms with Crippen molar-refractivity contribution in [2.75, 3.05) is 12.4 Å². The topological polar surface area (TPSA) is 136 Å². The van der Waals surface area contributed by atoms with Crippen LogP contribution in [0.25, 0.3) is 28.2 Å². The van der Waals surface area contributed by atoms with E-state index in [4.69, 9.17) is 18.8 Å².